The summed E-state index contributed by atoms with van der Waals surface area (Å²) in [5.41, 5.74) is 19.0. The van der Waals surface area contributed by atoms with Crippen molar-refractivity contribution in [3.05, 3.63) is 257 Å². The first kappa shape index (κ1) is 58.8. The van der Waals surface area contributed by atoms with Crippen LogP contribution in [0.25, 0.3) is 60.9 Å². The SMILES string of the molecule is CCCCc1cc(N(c2[c-]cccc2)c2[c-]c(N(c3[c-]cccc3)c3cc(C)cc(C(C)(C)C)c3)cc(-c3ccc4c(c3)c3ccccc3n4-c3ccc(-c4ccc(C#N)cc4C#N)cc3-c3ccc(C#N)cc3C#N)c2)cc(C(C)(C)C)c1.[U+3]. The number of rotatable bonds is 13. The molecule has 7 nitrogen and oxygen atoms in total. The zero-order chi connectivity index (χ0) is 58.9. The van der Waals surface area contributed by atoms with Crippen LogP contribution in [-0.2, 0) is 17.3 Å². The largest absolute Gasteiger partial charge is 3.00 e. The van der Waals surface area contributed by atoms with Crippen molar-refractivity contribution in [3.8, 4) is 63.3 Å². The van der Waals surface area contributed by atoms with Crippen LogP contribution in [0.4, 0.5) is 34.1 Å². The molecule has 0 N–H and O–H groups in total. The topological polar surface area (TPSA) is 107 Å². The Hall–Kier alpha value is -9.39. The molecule has 0 fully saturated rings. The van der Waals surface area contributed by atoms with E-state index in [0.29, 0.717) is 33.4 Å². The minimum Gasteiger partial charge on any atom is -0.358 e. The van der Waals surface area contributed by atoms with Crippen molar-refractivity contribution in [1.29, 1.82) is 21.0 Å². The smallest absolute Gasteiger partial charge is 0.358 e. The molecule has 0 aliphatic carbocycles. The molecule has 0 saturated carbocycles. The summed E-state index contributed by atoms with van der Waals surface area (Å²) < 4.78 is 2.25. The molecule has 0 aliphatic heterocycles. The number of hydrogen-bond acceptors (Lipinski definition) is 6. The molecule has 10 aromatic carbocycles. The second-order valence-corrected chi connectivity index (χ2v) is 23.6. The molecule has 0 saturated heterocycles. The quantitative estimate of drug-likeness (QED) is 0.106. The van der Waals surface area contributed by atoms with Crippen LogP contribution < -0.4 is 9.80 Å². The molecule has 0 amide bonds. The number of benzene rings is 10. The first-order valence-corrected chi connectivity index (χ1v) is 28.5. The van der Waals surface area contributed by atoms with Gasteiger partial charge in [0.1, 0.15) is 0 Å². The molecule has 1 heterocycles. The van der Waals surface area contributed by atoms with Crippen LogP contribution in [0.3, 0.4) is 0 Å². The summed E-state index contributed by atoms with van der Waals surface area (Å²) >= 11 is 0. The zero-order valence-corrected chi connectivity index (χ0v) is 53.4. The second kappa shape index (κ2) is 24.4. The minimum atomic E-state index is -0.126. The first-order valence-electron chi connectivity index (χ1n) is 28.5. The molecule has 409 valence electrons. The van der Waals surface area contributed by atoms with Crippen LogP contribution in [0.1, 0.15) is 106 Å². The summed E-state index contributed by atoms with van der Waals surface area (Å²) in [6.45, 7) is 18.0. The van der Waals surface area contributed by atoms with Gasteiger partial charge >= 0.3 is 31.1 Å². The van der Waals surface area contributed by atoms with Crippen LogP contribution in [0.2, 0.25) is 0 Å². The van der Waals surface area contributed by atoms with Gasteiger partial charge in [0.2, 0.25) is 0 Å². The van der Waals surface area contributed by atoms with E-state index in [1.54, 1.807) is 30.3 Å². The Morgan fingerprint density at radius 2 is 1.04 bits per heavy atom. The van der Waals surface area contributed by atoms with Crippen molar-refractivity contribution in [1.82, 2.24) is 4.57 Å². The Labute approximate surface area is 524 Å². The van der Waals surface area contributed by atoms with E-state index in [1.165, 1.54) is 16.7 Å². The van der Waals surface area contributed by atoms with Gasteiger partial charge in [0, 0.05) is 33.3 Å². The third-order valence-electron chi connectivity index (χ3n) is 15.7. The molecular weight excluding hydrogens is 1260 g/mol. The molecule has 0 spiro atoms. The fraction of sp³-hybridized carbons (Fsp3) is 0.169. The Kier molecular flexibility index (Phi) is 16.9. The van der Waals surface area contributed by atoms with Gasteiger partial charge in [-0.2, -0.15) is 69.6 Å². The number of anilines is 6. The maximum Gasteiger partial charge on any atom is 3.00 e. The van der Waals surface area contributed by atoms with Crippen LogP contribution in [-0.4, -0.2) is 4.57 Å². The van der Waals surface area contributed by atoms with E-state index in [2.05, 4.69) is 221 Å². The molecule has 8 heteroatoms. The predicted molar refractivity (Wildman–Crippen MR) is 343 cm³/mol. The van der Waals surface area contributed by atoms with Crippen LogP contribution in [0.15, 0.2) is 194 Å². The van der Waals surface area contributed by atoms with Gasteiger partial charge < -0.3 is 14.4 Å². The molecule has 11 aromatic rings. The van der Waals surface area contributed by atoms with Gasteiger partial charge in [-0.3, -0.25) is 0 Å². The summed E-state index contributed by atoms with van der Waals surface area (Å²) in [5.74, 6) is 0. The van der Waals surface area contributed by atoms with Gasteiger partial charge in [-0.15, -0.1) is 35.9 Å². The molecule has 0 unspecified atom stereocenters. The van der Waals surface area contributed by atoms with E-state index in [4.69, 9.17) is 0 Å². The fourth-order valence-corrected chi connectivity index (χ4v) is 11.3. The van der Waals surface area contributed by atoms with E-state index in [-0.39, 0.29) is 41.9 Å². The number of aromatic nitrogens is 1. The minimum absolute atomic E-state index is 0. The molecule has 85 heavy (non-hydrogen) atoms. The number of hydrogen-bond donors (Lipinski definition) is 0. The van der Waals surface area contributed by atoms with E-state index in [9.17, 15) is 21.0 Å². The number of unbranched alkanes of at least 4 members (excludes halogenated alkanes) is 1. The summed E-state index contributed by atoms with van der Waals surface area (Å²) in [4.78, 5) is 4.60. The van der Waals surface area contributed by atoms with Gasteiger partial charge in [-0.1, -0.05) is 132 Å². The molecule has 11 rings (SSSR count). The van der Waals surface area contributed by atoms with Gasteiger partial charge in [-0.05, 0) is 148 Å². The monoisotopic (exact) mass is 1320 g/mol. The summed E-state index contributed by atoms with van der Waals surface area (Å²) in [7, 11) is 0. The van der Waals surface area contributed by atoms with Crippen LogP contribution in [0, 0.1) is 102 Å². The van der Waals surface area contributed by atoms with Crippen LogP contribution in [0.5, 0.6) is 0 Å². The van der Waals surface area contributed by atoms with Crippen molar-refractivity contribution in [2.75, 3.05) is 9.80 Å². The number of aryl methyl sites for hydroxylation is 2. The van der Waals surface area contributed by atoms with Gasteiger partial charge in [0.05, 0.1) is 63.3 Å². The number of nitriles is 4. The van der Waals surface area contributed by atoms with Crippen molar-refractivity contribution >= 4 is 55.9 Å². The Bertz CT molecular complexity index is 4510. The average Bonchev–Trinajstić information content (AvgIpc) is 3.98. The van der Waals surface area contributed by atoms with Crippen molar-refractivity contribution in [2.45, 2.75) is 85.5 Å². The normalized spacial score (nSPS) is 11.3. The Balaban J connectivity index is 0.00000803. The van der Waals surface area contributed by atoms with Gasteiger partial charge in [0.15, 0.2) is 0 Å². The molecule has 0 aliphatic rings. The standard InChI is InChI=1S/C77H62N7.U/c1-9-10-19-52-38-61(77(6,7)8)45-65(39-52)83(63-22-15-12-16-23-63)67-41-57(40-66(46-67)82(62-20-13-11-14-21-62)64-35-51(2)34-60(44-64)76(3,4)5)55-28-32-75-72(42-55)70-24-17-18-25-73(70)84(75)74-33-29-56(68-30-26-53(47-78)36-58(68)49-80)43-71(74)69-31-27-54(48-79)37-59(69)50-81;/h11-18,20,22,24-45H,9-10,19H2,1-8H3;/q-3;+3. The molecule has 1 radical (unpaired) electrons. The summed E-state index contributed by atoms with van der Waals surface area (Å²) in [5, 5.41) is 42.7. The molecule has 0 atom stereocenters. The van der Waals surface area contributed by atoms with Crippen LogP contribution >= 0.6 is 0 Å². The van der Waals surface area contributed by atoms with Crippen molar-refractivity contribution < 1.29 is 31.1 Å². The van der Waals surface area contributed by atoms with E-state index in [1.807, 2.05) is 54.6 Å². The maximum atomic E-state index is 10.7. The first-order chi connectivity index (χ1) is 40.6. The van der Waals surface area contributed by atoms with E-state index >= 15 is 0 Å². The summed E-state index contributed by atoms with van der Waals surface area (Å²) in [6, 6.07) is 86.4. The number of fused-ring (bicyclic) bond motifs is 3. The van der Waals surface area contributed by atoms with E-state index < -0.39 is 0 Å². The zero-order valence-electron chi connectivity index (χ0n) is 49.2. The van der Waals surface area contributed by atoms with Crippen molar-refractivity contribution in [2.24, 2.45) is 0 Å². The fourth-order valence-electron chi connectivity index (χ4n) is 11.3. The number of para-hydroxylation sites is 3. The second-order valence-electron chi connectivity index (χ2n) is 23.6. The Morgan fingerprint density at radius 1 is 0.471 bits per heavy atom. The van der Waals surface area contributed by atoms with Crippen molar-refractivity contribution in [3.63, 3.8) is 0 Å². The van der Waals surface area contributed by atoms with Gasteiger partial charge in [-0.25, -0.2) is 0 Å². The molecule has 0 bridgehead atoms. The van der Waals surface area contributed by atoms with E-state index in [0.717, 1.165) is 109 Å². The third kappa shape index (κ3) is 11.9. The average molecular weight is 1320 g/mol. The predicted octanol–water partition coefficient (Wildman–Crippen LogP) is 19.9. The number of nitrogens with zero attached hydrogens (tertiary/aromatic N) is 7. The molecule has 1 aromatic heterocycles. The van der Waals surface area contributed by atoms with Gasteiger partial charge in [0.25, 0.3) is 0 Å². The third-order valence-corrected chi connectivity index (χ3v) is 15.7. The summed E-state index contributed by atoms with van der Waals surface area (Å²) in [6.07, 6.45) is 3.13. The molecular formula is C77H62N7U. The Morgan fingerprint density at radius 3 is 1.62 bits per heavy atom. The maximum absolute atomic E-state index is 10.7.